The molecular weight excluding hydrogens is 433 g/mol. The van der Waals surface area contributed by atoms with Gasteiger partial charge in [-0.3, -0.25) is 4.79 Å². The van der Waals surface area contributed by atoms with Crippen molar-refractivity contribution >= 4 is 29.0 Å². The molecule has 2 aromatic rings. The van der Waals surface area contributed by atoms with Crippen LogP contribution in [0.3, 0.4) is 0 Å². The third-order valence-corrected chi connectivity index (χ3v) is 7.82. The lowest BCUT2D eigenvalue weighted by molar-refractivity contribution is -0.137. The molecule has 2 aliphatic rings. The zero-order valence-electron chi connectivity index (χ0n) is 16.6. The minimum atomic E-state index is -4.37. The average molecular weight is 457 g/mol. The van der Waals surface area contributed by atoms with Gasteiger partial charge in [-0.25, -0.2) is 4.98 Å². The monoisotopic (exact) mass is 456 g/mol. The van der Waals surface area contributed by atoms with Crippen molar-refractivity contribution in [3.8, 4) is 10.6 Å². The molecule has 2 unspecified atom stereocenters. The zero-order valence-corrected chi connectivity index (χ0v) is 18.2. The molecule has 1 aromatic heterocycles. The molecule has 0 N–H and O–H groups in total. The van der Waals surface area contributed by atoms with Gasteiger partial charge < -0.3 is 9.64 Å². The molecule has 4 rings (SSSR count). The first kappa shape index (κ1) is 21.6. The molecule has 4 nitrogen and oxygen atoms in total. The average Bonchev–Trinajstić information content (AvgIpc) is 3.47. The highest BCUT2D eigenvalue weighted by atomic mass is 32.2. The number of rotatable bonds is 5. The number of hydrogen-bond acceptors (Lipinski definition) is 5. The fourth-order valence-corrected chi connectivity index (χ4v) is 6.08. The molecule has 2 aliphatic heterocycles. The summed E-state index contributed by atoms with van der Waals surface area (Å²) in [5, 5.41) is 0.558. The lowest BCUT2D eigenvalue weighted by Crippen LogP contribution is -2.44. The van der Waals surface area contributed by atoms with Gasteiger partial charge in [0.25, 0.3) is 5.91 Å². The molecule has 30 heavy (non-hydrogen) atoms. The molecule has 2 saturated heterocycles. The van der Waals surface area contributed by atoms with E-state index in [1.807, 2.05) is 16.7 Å². The number of aromatic nitrogens is 1. The Morgan fingerprint density at radius 3 is 2.63 bits per heavy atom. The summed E-state index contributed by atoms with van der Waals surface area (Å²) >= 11 is 3.10. The maximum Gasteiger partial charge on any atom is 0.416 e. The largest absolute Gasteiger partial charge is 0.416 e. The summed E-state index contributed by atoms with van der Waals surface area (Å²) in [6.07, 6.45) is -1.36. The highest BCUT2D eigenvalue weighted by Gasteiger charge is 2.33. The second-order valence-corrected chi connectivity index (χ2v) is 9.77. The summed E-state index contributed by atoms with van der Waals surface area (Å²) in [7, 11) is 0. The maximum absolute atomic E-state index is 13.5. The predicted octanol–water partition coefficient (Wildman–Crippen LogP) is 5.26. The zero-order chi connectivity index (χ0) is 21.3. The predicted molar refractivity (Wildman–Crippen MR) is 113 cm³/mol. The van der Waals surface area contributed by atoms with Crippen LogP contribution in [0.1, 0.15) is 40.2 Å². The molecule has 0 bridgehead atoms. The van der Waals surface area contributed by atoms with Crippen LogP contribution >= 0.6 is 23.1 Å². The Kier molecular flexibility index (Phi) is 6.41. The first-order valence-corrected chi connectivity index (χ1v) is 12.0. The van der Waals surface area contributed by atoms with Gasteiger partial charge in [-0.05, 0) is 44.1 Å². The van der Waals surface area contributed by atoms with Crippen molar-refractivity contribution in [1.82, 2.24) is 9.88 Å². The van der Waals surface area contributed by atoms with Gasteiger partial charge >= 0.3 is 6.18 Å². The van der Waals surface area contributed by atoms with E-state index in [0.29, 0.717) is 27.7 Å². The summed E-state index contributed by atoms with van der Waals surface area (Å²) in [6, 6.07) is 5.10. The Morgan fingerprint density at radius 2 is 2.03 bits per heavy atom. The molecule has 162 valence electrons. The highest BCUT2D eigenvalue weighted by molar-refractivity contribution is 7.99. The Balaban J connectivity index is 1.57. The molecule has 3 heterocycles. The second-order valence-electron chi connectivity index (χ2n) is 7.62. The summed E-state index contributed by atoms with van der Waals surface area (Å²) in [6.45, 7) is 3.10. The standard InChI is InChI=1S/C21H23F3N2O2S2/c1-13-18(30-19(25-13)14-4-6-15(7-5-14)21(22,23)24)20(27)26(16-8-10-29-12-16)11-17-3-2-9-28-17/h4-7,16-17H,2-3,8-12H2,1H3. The number of carbonyl (C=O) groups excluding carboxylic acids is 1. The van der Waals surface area contributed by atoms with E-state index in [2.05, 4.69) is 4.98 Å². The summed E-state index contributed by atoms with van der Waals surface area (Å²) < 4.78 is 44.2. The van der Waals surface area contributed by atoms with Gasteiger partial charge in [0.05, 0.1) is 17.4 Å². The number of thioether (sulfide) groups is 1. The number of thiazole rings is 1. The van der Waals surface area contributed by atoms with Crippen LogP contribution in [0.15, 0.2) is 24.3 Å². The van der Waals surface area contributed by atoms with E-state index in [-0.39, 0.29) is 18.1 Å². The molecule has 2 atom stereocenters. The van der Waals surface area contributed by atoms with Crippen molar-refractivity contribution in [2.45, 2.75) is 44.5 Å². The van der Waals surface area contributed by atoms with E-state index in [4.69, 9.17) is 4.74 Å². The van der Waals surface area contributed by atoms with E-state index in [1.165, 1.54) is 23.5 Å². The van der Waals surface area contributed by atoms with Crippen LogP contribution in [0.25, 0.3) is 10.6 Å². The number of amides is 1. The Labute approximate surface area is 181 Å². The molecular formula is C21H23F3N2O2S2. The number of benzene rings is 1. The van der Waals surface area contributed by atoms with Crippen molar-refractivity contribution in [2.24, 2.45) is 0 Å². The van der Waals surface area contributed by atoms with Crippen molar-refractivity contribution in [3.63, 3.8) is 0 Å². The number of carbonyl (C=O) groups is 1. The first-order valence-electron chi connectivity index (χ1n) is 9.98. The summed E-state index contributed by atoms with van der Waals surface area (Å²) in [5.74, 6) is 1.91. The molecule has 9 heteroatoms. The number of nitrogens with zero attached hydrogens (tertiary/aromatic N) is 2. The maximum atomic E-state index is 13.5. The topological polar surface area (TPSA) is 42.4 Å². The third kappa shape index (κ3) is 4.68. The molecule has 0 spiro atoms. The lowest BCUT2D eigenvalue weighted by atomic mass is 10.1. The van der Waals surface area contributed by atoms with E-state index < -0.39 is 11.7 Å². The number of alkyl halides is 3. The highest BCUT2D eigenvalue weighted by Crippen LogP contribution is 2.34. The quantitative estimate of drug-likeness (QED) is 0.615. The number of halogens is 3. The molecule has 0 aliphatic carbocycles. The Bertz CT molecular complexity index is 887. The smallest absolute Gasteiger partial charge is 0.376 e. The van der Waals surface area contributed by atoms with E-state index in [1.54, 1.807) is 6.92 Å². The van der Waals surface area contributed by atoms with Gasteiger partial charge in [0.15, 0.2) is 0 Å². The SMILES string of the molecule is Cc1nc(-c2ccc(C(F)(F)F)cc2)sc1C(=O)N(CC1CCCO1)C1CCSC1. The van der Waals surface area contributed by atoms with Crippen LogP contribution in [-0.4, -0.2) is 52.6 Å². The Hall–Kier alpha value is -1.58. The van der Waals surface area contributed by atoms with E-state index in [9.17, 15) is 18.0 Å². The summed E-state index contributed by atoms with van der Waals surface area (Å²) in [4.78, 5) is 20.4. The number of ether oxygens (including phenoxy) is 1. The Morgan fingerprint density at radius 1 is 1.27 bits per heavy atom. The summed E-state index contributed by atoms with van der Waals surface area (Å²) in [5.41, 5.74) is 0.498. The minimum Gasteiger partial charge on any atom is -0.376 e. The van der Waals surface area contributed by atoms with Crippen LogP contribution < -0.4 is 0 Å². The van der Waals surface area contributed by atoms with Crippen LogP contribution in [-0.2, 0) is 10.9 Å². The van der Waals surface area contributed by atoms with Gasteiger partial charge in [-0.1, -0.05) is 12.1 Å². The fraction of sp³-hybridized carbons (Fsp3) is 0.524. The minimum absolute atomic E-state index is 0.0499. The third-order valence-electron chi connectivity index (χ3n) is 5.48. The fourth-order valence-electron chi connectivity index (χ4n) is 3.82. The second kappa shape index (κ2) is 8.88. The molecule has 1 aromatic carbocycles. The molecule has 1 amide bonds. The van der Waals surface area contributed by atoms with Crippen LogP contribution in [0.2, 0.25) is 0 Å². The lowest BCUT2D eigenvalue weighted by Gasteiger charge is -2.30. The van der Waals surface area contributed by atoms with Gasteiger partial charge in [-0.2, -0.15) is 24.9 Å². The van der Waals surface area contributed by atoms with E-state index in [0.717, 1.165) is 49.5 Å². The molecule has 0 radical (unpaired) electrons. The van der Waals surface area contributed by atoms with E-state index >= 15 is 0 Å². The number of hydrogen-bond donors (Lipinski definition) is 0. The number of aryl methyl sites for hydroxylation is 1. The van der Waals surface area contributed by atoms with Crippen molar-refractivity contribution < 1.29 is 22.7 Å². The van der Waals surface area contributed by atoms with Gasteiger partial charge in [0, 0.05) is 30.5 Å². The van der Waals surface area contributed by atoms with Gasteiger partial charge in [0.2, 0.25) is 0 Å². The van der Waals surface area contributed by atoms with Gasteiger partial charge in [-0.15, -0.1) is 11.3 Å². The van der Waals surface area contributed by atoms with Crippen LogP contribution in [0.5, 0.6) is 0 Å². The molecule has 0 saturated carbocycles. The van der Waals surface area contributed by atoms with Crippen molar-refractivity contribution in [3.05, 3.63) is 40.4 Å². The van der Waals surface area contributed by atoms with Crippen molar-refractivity contribution in [2.75, 3.05) is 24.7 Å². The molecule has 2 fully saturated rings. The van der Waals surface area contributed by atoms with Crippen LogP contribution in [0.4, 0.5) is 13.2 Å². The van der Waals surface area contributed by atoms with Crippen molar-refractivity contribution in [1.29, 1.82) is 0 Å². The van der Waals surface area contributed by atoms with Gasteiger partial charge in [0.1, 0.15) is 9.88 Å². The normalized spacial score (nSPS) is 21.9. The van der Waals surface area contributed by atoms with Crippen LogP contribution in [0, 0.1) is 6.92 Å². The first-order chi connectivity index (χ1) is 14.3.